The molecule has 2 aromatic rings. The molecule has 0 N–H and O–H groups in total. The van der Waals surface area contributed by atoms with Gasteiger partial charge in [0, 0.05) is 27.7 Å². The van der Waals surface area contributed by atoms with Crippen molar-refractivity contribution in [2.24, 2.45) is 4.99 Å². The molecular formula is C31H32N2O11S. The Hall–Kier alpha value is -4.69. The van der Waals surface area contributed by atoms with Crippen molar-refractivity contribution in [3.8, 4) is 5.75 Å². The number of rotatable bonds is 9. The number of hydrogen-bond acceptors (Lipinski definition) is 13. The van der Waals surface area contributed by atoms with Crippen molar-refractivity contribution < 1.29 is 52.4 Å². The van der Waals surface area contributed by atoms with Crippen LogP contribution < -0.4 is 9.64 Å². The van der Waals surface area contributed by atoms with E-state index in [1.807, 2.05) is 0 Å². The zero-order valence-electron chi connectivity index (χ0n) is 25.2. The first-order valence-corrected chi connectivity index (χ1v) is 14.7. The average Bonchev–Trinajstić information content (AvgIpc) is 3.29. The van der Waals surface area contributed by atoms with E-state index in [0.717, 1.165) is 32.5 Å². The normalized spacial score (nSPS) is 23.6. The minimum absolute atomic E-state index is 0.108. The maximum absolute atomic E-state index is 13.8. The Labute approximate surface area is 263 Å². The monoisotopic (exact) mass is 640 g/mol. The zero-order valence-corrected chi connectivity index (χ0v) is 26.0. The lowest BCUT2D eigenvalue weighted by Gasteiger charge is -2.44. The first-order valence-electron chi connectivity index (χ1n) is 13.8. The van der Waals surface area contributed by atoms with Gasteiger partial charge in [-0.2, -0.15) is 0 Å². The summed E-state index contributed by atoms with van der Waals surface area (Å²) in [6.45, 7) is 4.24. The summed E-state index contributed by atoms with van der Waals surface area (Å²) in [5, 5.41) is 0.159. The molecule has 2 aliphatic rings. The predicted molar refractivity (Wildman–Crippen MR) is 162 cm³/mol. The quantitative estimate of drug-likeness (QED) is 0.224. The highest BCUT2D eigenvalue weighted by atomic mass is 32.2. The highest BCUT2D eigenvalue weighted by molar-refractivity contribution is 8.14. The second kappa shape index (κ2) is 14.9. The number of amidine groups is 1. The van der Waals surface area contributed by atoms with Crippen molar-refractivity contribution in [2.45, 2.75) is 57.5 Å². The van der Waals surface area contributed by atoms with Crippen molar-refractivity contribution in [1.82, 2.24) is 0 Å². The van der Waals surface area contributed by atoms with Crippen molar-refractivity contribution in [2.75, 3.05) is 18.6 Å². The third kappa shape index (κ3) is 8.48. The molecule has 1 amide bonds. The number of anilines is 1. The SMILES string of the molecule is COc1ccc(/C=C2\N=C(SC3O[C@@H](COC(C)=O)[C@H](OC(C)=O)[C@@H](OC(C)=O)[C@@H]3OC(C)=O)N(c3ccccc3)C2=O)cc1. The van der Waals surface area contributed by atoms with Gasteiger partial charge in [-0.15, -0.1) is 0 Å². The number of hydrogen-bond donors (Lipinski definition) is 0. The van der Waals surface area contributed by atoms with Crippen LogP contribution in [0.4, 0.5) is 5.69 Å². The molecule has 238 valence electrons. The maximum atomic E-state index is 13.8. The highest BCUT2D eigenvalue weighted by Crippen LogP contribution is 2.38. The second-order valence-electron chi connectivity index (χ2n) is 9.86. The van der Waals surface area contributed by atoms with E-state index >= 15 is 0 Å². The van der Waals surface area contributed by atoms with Gasteiger partial charge in [-0.25, -0.2) is 4.99 Å². The minimum Gasteiger partial charge on any atom is -0.497 e. The van der Waals surface area contributed by atoms with Gasteiger partial charge in [-0.3, -0.25) is 28.9 Å². The van der Waals surface area contributed by atoms with Gasteiger partial charge in [0.05, 0.1) is 12.8 Å². The van der Waals surface area contributed by atoms with E-state index in [2.05, 4.69) is 4.99 Å². The fourth-order valence-electron chi connectivity index (χ4n) is 4.63. The third-order valence-corrected chi connectivity index (χ3v) is 7.53. The Morgan fingerprint density at radius 2 is 1.44 bits per heavy atom. The number of benzene rings is 2. The van der Waals surface area contributed by atoms with E-state index in [4.69, 9.17) is 28.4 Å². The van der Waals surface area contributed by atoms with Crippen LogP contribution in [0.25, 0.3) is 6.08 Å². The number of amides is 1. The Morgan fingerprint density at radius 1 is 0.844 bits per heavy atom. The van der Waals surface area contributed by atoms with Crippen molar-refractivity contribution in [1.29, 1.82) is 0 Å². The summed E-state index contributed by atoms with van der Waals surface area (Å²) in [5.74, 6) is -2.67. The molecule has 0 aliphatic carbocycles. The van der Waals surface area contributed by atoms with E-state index in [9.17, 15) is 24.0 Å². The van der Waals surface area contributed by atoms with Crippen LogP contribution in [-0.2, 0) is 47.7 Å². The van der Waals surface area contributed by atoms with Crippen molar-refractivity contribution in [3.05, 3.63) is 65.9 Å². The first-order chi connectivity index (χ1) is 21.5. The molecule has 2 aliphatic heterocycles. The summed E-state index contributed by atoms with van der Waals surface area (Å²) in [6.07, 6.45) is -3.55. The summed E-state index contributed by atoms with van der Waals surface area (Å²) < 4.78 is 33.2. The Balaban J connectivity index is 1.77. The first kappa shape index (κ1) is 33.2. The number of esters is 4. The summed E-state index contributed by atoms with van der Waals surface area (Å²) in [6, 6.07) is 15.8. The fourth-order valence-corrected chi connectivity index (χ4v) is 5.82. The van der Waals surface area contributed by atoms with Gasteiger partial charge in [-0.1, -0.05) is 42.1 Å². The van der Waals surface area contributed by atoms with Crippen LogP contribution in [0.1, 0.15) is 33.3 Å². The number of ether oxygens (including phenoxy) is 6. The summed E-state index contributed by atoms with van der Waals surface area (Å²) in [5.41, 5.74) is 0.118. The van der Waals surface area contributed by atoms with Gasteiger partial charge in [0.1, 0.15) is 24.2 Å². The predicted octanol–water partition coefficient (Wildman–Crippen LogP) is 3.26. The van der Waals surface area contributed by atoms with Crippen LogP contribution in [-0.4, -0.2) is 78.5 Å². The molecule has 4 rings (SSSR count). The smallest absolute Gasteiger partial charge is 0.303 e. The Kier molecular flexibility index (Phi) is 11.0. The van der Waals surface area contributed by atoms with Gasteiger partial charge < -0.3 is 28.4 Å². The summed E-state index contributed by atoms with van der Waals surface area (Å²) in [4.78, 5) is 68.0. The van der Waals surface area contributed by atoms with Crippen LogP contribution in [0, 0.1) is 0 Å². The Morgan fingerprint density at radius 3 is 2.02 bits per heavy atom. The lowest BCUT2D eigenvalue weighted by molar-refractivity contribution is -0.237. The van der Waals surface area contributed by atoms with Gasteiger partial charge in [0.25, 0.3) is 5.91 Å². The molecule has 1 unspecified atom stereocenters. The number of carbonyl (C=O) groups is 5. The molecular weight excluding hydrogens is 608 g/mol. The Bertz CT molecular complexity index is 1490. The van der Waals surface area contributed by atoms with Crippen LogP contribution in [0.2, 0.25) is 0 Å². The largest absolute Gasteiger partial charge is 0.497 e. The molecule has 0 spiro atoms. The maximum Gasteiger partial charge on any atom is 0.303 e. The number of nitrogens with zero attached hydrogens (tertiary/aromatic N) is 2. The lowest BCUT2D eigenvalue weighted by Crippen LogP contribution is -2.61. The third-order valence-electron chi connectivity index (χ3n) is 6.43. The molecule has 2 aromatic carbocycles. The molecule has 0 aromatic heterocycles. The van der Waals surface area contributed by atoms with E-state index < -0.39 is 59.6 Å². The number of methoxy groups -OCH3 is 1. The van der Waals surface area contributed by atoms with E-state index in [1.165, 1.54) is 11.8 Å². The minimum atomic E-state index is -1.36. The highest BCUT2D eigenvalue weighted by Gasteiger charge is 2.53. The van der Waals surface area contributed by atoms with Crippen LogP contribution in [0.15, 0.2) is 65.3 Å². The van der Waals surface area contributed by atoms with Crippen LogP contribution >= 0.6 is 11.8 Å². The molecule has 1 saturated heterocycles. The molecule has 13 nitrogen and oxygen atoms in total. The fraction of sp³-hybridized carbons (Fsp3) is 0.355. The molecule has 2 heterocycles. The number of para-hydroxylation sites is 1. The molecule has 1 fully saturated rings. The molecule has 0 saturated carbocycles. The topological polar surface area (TPSA) is 156 Å². The lowest BCUT2D eigenvalue weighted by atomic mass is 9.99. The summed E-state index contributed by atoms with van der Waals surface area (Å²) >= 11 is 0.918. The average molecular weight is 641 g/mol. The zero-order chi connectivity index (χ0) is 32.7. The number of thioether (sulfide) groups is 1. The van der Waals surface area contributed by atoms with Crippen LogP contribution in [0.5, 0.6) is 5.75 Å². The summed E-state index contributed by atoms with van der Waals surface area (Å²) in [7, 11) is 1.55. The molecule has 0 radical (unpaired) electrons. The van der Waals surface area contributed by atoms with Crippen molar-refractivity contribution in [3.63, 3.8) is 0 Å². The van der Waals surface area contributed by atoms with Gasteiger partial charge in [-0.05, 0) is 35.9 Å². The van der Waals surface area contributed by atoms with E-state index in [0.29, 0.717) is 17.0 Å². The van der Waals surface area contributed by atoms with Gasteiger partial charge in [0.15, 0.2) is 28.9 Å². The van der Waals surface area contributed by atoms with E-state index in [-0.39, 0.29) is 17.5 Å². The van der Waals surface area contributed by atoms with E-state index in [1.54, 1.807) is 67.8 Å². The molecule has 5 atom stereocenters. The van der Waals surface area contributed by atoms with Gasteiger partial charge >= 0.3 is 23.9 Å². The standard InChI is InChI=1S/C31H32N2O11S/c1-17(34)40-16-25-26(41-18(2)35)27(42-19(3)36)28(43-20(4)37)30(44-25)45-31-32-24(15-21-11-13-23(39-5)14-12-21)29(38)33(31)22-9-7-6-8-10-22/h6-15,25-28,30H,16H2,1-5H3/b24-15-/t25-,26-,27+,28-,30?/m0/s1. The molecule has 0 bridgehead atoms. The van der Waals surface area contributed by atoms with Gasteiger partial charge in [0.2, 0.25) is 0 Å². The molecule has 14 heteroatoms. The van der Waals surface area contributed by atoms with Crippen LogP contribution in [0.3, 0.4) is 0 Å². The van der Waals surface area contributed by atoms with Crippen molar-refractivity contribution >= 4 is 58.5 Å². The number of aliphatic imine (C=N–C) groups is 1. The second-order valence-corrected chi connectivity index (χ2v) is 10.9. The number of carbonyl (C=O) groups excluding carboxylic acids is 5. The molecule has 45 heavy (non-hydrogen) atoms.